The number of hydrogen-bond acceptors (Lipinski definition) is 6. The summed E-state index contributed by atoms with van der Waals surface area (Å²) in [7, 11) is 0. The second kappa shape index (κ2) is 19.0. The first-order chi connectivity index (χ1) is 38.8. The molecular weight excluding hydrogens is 981 g/mol. The zero-order valence-corrected chi connectivity index (χ0v) is 45.6. The molecule has 0 N–H and O–H groups in total. The van der Waals surface area contributed by atoms with Gasteiger partial charge in [-0.05, 0) is 192 Å². The summed E-state index contributed by atoms with van der Waals surface area (Å²) in [6.07, 6.45) is 0. The van der Waals surface area contributed by atoms with E-state index in [1.54, 1.807) is 0 Å². The van der Waals surface area contributed by atoms with E-state index in [4.69, 9.17) is 17.7 Å². The Morgan fingerprint density at radius 2 is 0.537 bits per heavy atom. The first kappa shape index (κ1) is 48.6. The van der Waals surface area contributed by atoms with Gasteiger partial charge in [0, 0.05) is 88.7 Å². The summed E-state index contributed by atoms with van der Waals surface area (Å²) in [5, 5.41) is 6.26. The molecule has 0 atom stereocenters. The lowest BCUT2D eigenvalue weighted by Gasteiger charge is -2.27. The molecule has 0 bridgehead atoms. The molecule has 0 fully saturated rings. The Labute approximate surface area is 465 Å². The average molecular weight is 1040 g/mol. The maximum Gasteiger partial charge on any atom is 0.142 e. The number of benzene rings is 10. The van der Waals surface area contributed by atoms with E-state index in [1.165, 1.54) is 11.1 Å². The fourth-order valence-electron chi connectivity index (χ4n) is 11.1. The Morgan fingerprint density at radius 1 is 0.263 bits per heavy atom. The van der Waals surface area contributed by atoms with Crippen molar-refractivity contribution < 1.29 is 17.7 Å². The van der Waals surface area contributed by atoms with Crippen molar-refractivity contribution in [2.24, 2.45) is 0 Å². The van der Waals surface area contributed by atoms with Gasteiger partial charge < -0.3 is 27.5 Å². The monoisotopic (exact) mass is 1040 g/mol. The van der Waals surface area contributed by atoms with Gasteiger partial charge in [0.15, 0.2) is 0 Å². The quantitative estimate of drug-likeness (QED) is 0.136. The zero-order chi connectivity index (χ0) is 54.3. The van der Waals surface area contributed by atoms with Gasteiger partial charge in [-0.25, -0.2) is 0 Å². The van der Waals surface area contributed by atoms with Crippen molar-refractivity contribution >= 4 is 88.8 Å². The molecule has 0 radical (unpaired) electrons. The highest BCUT2D eigenvalue weighted by Crippen LogP contribution is 2.43. The summed E-state index contributed by atoms with van der Waals surface area (Å²) in [5.41, 5.74) is 16.4. The molecule has 0 unspecified atom stereocenters. The third-order valence-corrected chi connectivity index (χ3v) is 15.6. The van der Waals surface area contributed by atoms with Crippen LogP contribution in [0.2, 0.25) is 0 Å². The van der Waals surface area contributed by atoms with Crippen LogP contribution in [-0.4, -0.2) is 0 Å². The highest BCUT2D eigenvalue weighted by Gasteiger charge is 2.22. The number of para-hydroxylation sites is 2. The Hall–Kier alpha value is -9.78. The van der Waals surface area contributed by atoms with E-state index in [1.807, 2.05) is 36.4 Å². The number of fused-ring (bicyclic) bond motifs is 7. The van der Waals surface area contributed by atoms with Crippen LogP contribution in [-0.2, 0) is 10.8 Å². The van der Waals surface area contributed by atoms with Gasteiger partial charge in [0.05, 0.1) is 0 Å². The third-order valence-electron chi connectivity index (χ3n) is 15.6. The molecule has 0 spiro atoms. The van der Waals surface area contributed by atoms with Crippen LogP contribution in [0, 0.1) is 0 Å². The minimum absolute atomic E-state index is 0.0384. The molecular formula is C74H58N2O4. The summed E-state index contributed by atoms with van der Waals surface area (Å²) >= 11 is 0. The van der Waals surface area contributed by atoms with E-state index in [-0.39, 0.29) is 10.8 Å². The number of rotatable bonds is 10. The molecule has 10 aromatic carbocycles. The van der Waals surface area contributed by atoms with Crippen LogP contribution >= 0.6 is 0 Å². The van der Waals surface area contributed by atoms with Crippen molar-refractivity contribution in [3.05, 3.63) is 254 Å². The maximum absolute atomic E-state index is 6.80. The highest BCUT2D eigenvalue weighted by molar-refractivity contribution is 6.15. The van der Waals surface area contributed by atoms with E-state index in [0.717, 1.165) is 134 Å². The highest BCUT2D eigenvalue weighted by atomic mass is 16.3. The number of nitrogens with zero attached hydrogens (tertiary/aromatic N) is 2. The van der Waals surface area contributed by atoms with Crippen LogP contribution in [0.1, 0.15) is 52.7 Å². The van der Waals surface area contributed by atoms with E-state index in [2.05, 4.69) is 258 Å². The molecule has 14 rings (SSSR count). The Kier molecular flexibility index (Phi) is 11.5. The van der Waals surface area contributed by atoms with E-state index < -0.39 is 0 Å². The van der Waals surface area contributed by atoms with Crippen molar-refractivity contribution in [3.8, 4) is 45.3 Å². The molecule has 0 aliphatic rings. The predicted octanol–water partition coefficient (Wildman–Crippen LogP) is 22.0. The molecule has 14 aromatic rings. The van der Waals surface area contributed by atoms with E-state index >= 15 is 0 Å². The second-order valence-electron chi connectivity index (χ2n) is 23.0. The van der Waals surface area contributed by atoms with Crippen LogP contribution in [0.5, 0.6) is 0 Å². The molecule has 0 amide bonds. The van der Waals surface area contributed by atoms with Crippen LogP contribution in [0.3, 0.4) is 0 Å². The van der Waals surface area contributed by atoms with Crippen molar-refractivity contribution in [1.82, 2.24) is 0 Å². The van der Waals surface area contributed by atoms with Crippen molar-refractivity contribution in [3.63, 3.8) is 0 Å². The summed E-state index contributed by atoms with van der Waals surface area (Å²) in [6.45, 7) is 13.5. The van der Waals surface area contributed by atoms with Gasteiger partial charge >= 0.3 is 0 Å². The van der Waals surface area contributed by atoms with Gasteiger partial charge in [-0.1, -0.05) is 114 Å². The number of hydrogen-bond donors (Lipinski definition) is 0. The van der Waals surface area contributed by atoms with Gasteiger partial charge in [0.1, 0.15) is 45.4 Å². The molecule has 80 heavy (non-hydrogen) atoms. The molecule has 4 heterocycles. The molecule has 6 heteroatoms. The summed E-state index contributed by atoms with van der Waals surface area (Å²) < 4.78 is 26.1. The molecule has 0 aliphatic carbocycles. The minimum Gasteiger partial charge on any atom is -0.456 e. The Balaban J connectivity index is 0.753. The van der Waals surface area contributed by atoms with Gasteiger partial charge in [-0.2, -0.15) is 0 Å². The average Bonchev–Trinajstić information content (AvgIpc) is 4.50. The van der Waals surface area contributed by atoms with E-state index in [0.29, 0.717) is 0 Å². The molecule has 388 valence electrons. The third kappa shape index (κ3) is 8.89. The van der Waals surface area contributed by atoms with Crippen LogP contribution < -0.4 is 9.80 Å². The molecule has 6 nitrogen and oxygen atoms in total. The van der Waals surface area contributed by atoms with Crippen molar-refractivity contribution in [2.45, 2.75) is 52.4 Å². The zero-order valence-electron chi connectivity index (χ0n) is 45.6. The lowest BCUT2D eigenvalue weighted by atomic mass is 9.87. The number of anilines is 6. The summed E-state index contributed by atoms with van der Waals surface area (Å²) in [6, 6.07) is 85.7. The molecule has 0 saturated carbocycles. The van der Waals surface area contributed by atoms with Crippen molar-refractivity contribution in [2.75, 3.05) is 9.80 Å². The fraction of sp³-hybridized carbons (Fsp3) is 0.108. The van der Waals surface area contributed by atoms with Gasteiger partial charge in [0.2, 0.25) is 0 Å². The Morgan fingerprint density at radius 3 is 0.838 bits per heavy atom. The van der Waals surface area contributed by atoms with Gasteiger partial charge in [-0.3, -0.25) is 0 Å². The molecule has 4 aromatic heterocycles. The topological polar surface area (TPSA) is 59.0 Å². The minimum atomic E-state index is 0.0384. The standard InChI is InChI=1S/C74H58N2O4/c1-73(2,3)55-25-37-61(38-26-55)75(57-29-15-47(16-30-57)67-43-51-11-7-9-13-65(51)77-67)59-33-19-49(20-34-59)69-45-53-23-41-64-63(71(53)79-69)42-24-54-46-70(80-72(54)64)50-21-35-60(36-22-50)76(62-39-27-56(28-40-62)74(4,5)6)58-31-17-48(18-32-58)68-44-52-12-8-10-14-66(52)78-68/h7-46H,1-6H3. The SMILES string of the molecule is CC(C)(C)c1ccc(N(c2ccc(-c3cc4ccccc4o3)cc2)c2ccc(-c3cc4ccc5c(ccc6cc(-c7ccc(N(c8ccc(-c9cc%10ccccc%10o9)cc8)c8ccc(C(C)(C)C)cc8)cc7)oc65)c4o3)cc2)cc1. The lowest BCUT2D eigenvalue weighted by molar-refractivity contribution is 0.590. The van der Waals surface area contributed by atoms with Crippen LogP contribution in [0.15, 0.2) is 260 Å². The smallest absolute Gasteiger partial charge is 0.142 e. The molecule has 0 saturated heterocycles. The van der Waals surface area contributed by atoms with Crippen molar-refractivity contribution in [1.29, 1.82) is 0 Å². The predicted molar refractivity (Wildman–Crippen MR) is 332 cm³/mol. The second-order valence-corrected chi connectivity index (χ2v) is 23.0. The molecule has 0 aliphatic heterocycles. The maximum atomic E-state index is 6.80. The largest absolute Gasteiger partial charge is 0.456 e. The van der Waals surface area contributed by atoms with E-state index in [9.17, 15) is 0 Å². The summed E-state index contributed by atoms with van der Waals surface area (Å²) in [4.78, 5) is 4.60. The number of furan rings is 4. The normalized spacial score (nSPS) is 12.1. The van der Waals surface area contributed by atoms with Crippen LogP contribution in [0.25, 0.3) is 99.9 Å². The Bertz CT molecular complexity index is 4200. The first-order valence-corrected chi connectivity index (χ1v) is 27.4. The van der Waals surface area contributed by atoms with Crippen LogP contribution in [0.4, 0.5) is 34.1 Å². The first-order valence-electron chi connectivity index (χ1n) is 27.4. The lowest BCUT2D eigenvalue weighted by Crippen LogP contribution is -2.13. The van der Waals surface area contributed by atoms with Gasteiger partial charge in [-0.15, -0.1) is 0 Å². The van der Waals surface area contributed by atoms with Gasteiger partial charge in [0.25, 0.3) is 0 Å². The summed E-state index contributed by atoms with van der Waals surface area (Å²) in [5.74, 6) is 3.31. The fourth-order valence-corrected chi connectivity index (χ4v) is 11.1.